The van der Waals surface area contributed by atoms with Gasteiger partial charge < -0.3 is 20.1 Å². The monoisotopic (exact) mass is 509 g/mol. The van der Waals surface area contributed by atoms with Crippen molar-refractivity contribution < 1.29 is 28.0 Å². The van der Waals surface area contributed by atoms with Crippen LogP contribution in [0.5, 0.6) is 11.6 Å². The molecule has 1 aromatic heterocycles. The fraction of sp³-hybridized carbons (Fsp3) is 0.320. The van der Waals surface area contributed by atoms with Crippen molar-refractivity contribution in [2.75, 3.05) is 5.75 Å². The Morgan fingerprint density at radius 3 is 2.42 bits per heavy atom. The highest BCUT2D eigenvalue weighted by molar-refractivity contribution is 7.91. The van der Waals surface area contributed by atoms with Crippen LogP contribution < -0.4 is 10.1 Å². The molecule has 0 saturated heterocycles. The first kappa shape index (κ1) is 25.8. The predicted molar refractivity (Wildman–Crippen MR) is 134 cm³/mol. The third kappa shape index (κ3) is 7.36. The Bertz CT molecular complexity index is 1240. The molecule has 0 bridgehead atoms. The zero-order valence-corrected chi connectivity index (χ0v) is 20.4. The molecule has 11 heteroatoms. The Morgan fingerprint density at radius 1 is 1.08 bits per heavy atom. The third-order valence-corrected chi connectivity index (χ3v) is 7.86. The smallest absolute Gasteiger partial charge is 0.438 e. The van der Waals surface area contributed by atoms with Crippen LogP contribution in [0, 0.1) is 11.8 Å². The van der Waals surface area contributed by atoms with Gasteiger partial charge in [-0.2, -0.15) is 0 Å². The molecule has 9 nitrogen and oxygen atoms in total. The summed E-state index contributed by atoms with van der Waals surface area (Å²) in [5.74, 6) is -1.71. The molecule has 0 radical (unpaired) electrons. The molecule has 1 fully saturated rings. The van der Waals surface area contributed by atoms with Crippen molar-refractivity contribution in [2.45, 2.75) is 36.5 Å². The van der Waals surface area contributed by atoms with E-state index in [1.165, 1.54) is 42.9 Å². The normalized spacial score (nSPS) is 15.1. The molecule has 2 atom stereocenters. The molecule has 36 heavy (non-hydrogen) atoms. The lowest BCUT2D eigenvalue weighted by atomic mass is 9.76. The number of sulfone groups is 1. The summed E-state index contributed by atoms with van der Waals surface area (Å²) in [6.45, 7) is 0. The largest absolute Gasteiger partial charge is 0.475 e. The minimum atomic E-state index is -3.85. The maximum Gasteiger partial charge on any atom is 0.475 e. The summed E-state index contributed by atoms with van der Waals surface area (Å²) in [5, 5.41) is 22.2. The Morgan fingerprint density at radius 2 is 1.81 bits per heavy atom. The van der Waals surface area contributed by atoms with Crippen molar-refractivity contribution in [1.82, 2.24) is 15.3 Å². The quantitative estimate of drug-likeness (QED) is 0.316. The maximum atomic E-state index is 13.3. The summed E-state index contributed by atoms with van der Waals surface area (Å²) in [7, 11) is -5.57. The van der Waals surface area contributed by atoms with Gasteiger partial charge in [-0.1, -0.05) is 43.2 Å². The Hall–Kier alpha value is -3.28. The van der Waals surface area contributed by atoms with Crippen LogP contribution in [0.2, 0.25) is 0 Å². The van der Waals surface area contributed by atoms with Crippen LogP contribution >= 0.6 is 0 Å². The summed E-state index contributed by atoms with van der Waals surface area (Å²) in [6, 6.07) is 15.0. The van der Waals surface area contributed by atoms with Crippen molar-refractivity contribution >= 4 is 22.9 Å². The molecule has 0 unspecified atom stereocenters. The number of benzene rings is 2. The number of carbonyl (C=O) groups is 1. The summed E-state index contributed by atoms with van der Waals surface area (Å²) < 4.78 is 32.1. The molecule has 1 saturated carbocycles. The molecule has 3 aromatic rings. The van der Waals surface area contributed by atoms with Crippen LogP contribution in [0.15, 0.2) is 78.1 Å². The van der Waals surface area contributed by atoms with E-state index in [4.69, 9.17) is 4.74 Å². The average Bonchev–Trinajstić information content (AvgIpc) is 3.69. The summed E-state index contributed by atoms with van der Waals surface area (Å²) in [6.07, 6.45) is 7.04. The van der Waals surface area contributed by atoms with E-state index in [9.17, 15) is 23.3 Å². The van der Waals surface area contributed by atoms with Gasteiger partial charge in [0.05, 0.1) is 28.7 Å². The van der Waals surface area contributed by atoms with Crippen molar-refractivity contribution in [2.24, 2.45) is 11.8 Å². The zero-order valence-electron chi connectivity index (χ0n) is 19.6. The molecule has 1 aliphatic rings. The average molecular weight is 509 g/mol. The number of ether oxygens (including phenoxy) is 1. The lowest BCUT2D eigenvalue weighted by Gasteiger charge is -2.22. The highest BCUT2D eigenvalue weighted by atomic mass is 32.2. The SMILES string of the molecule is O=C(N[C@@H](CC1CC1)B(O)O)[C@H](Cc1ccccc1)CS(=O)(=O)c1ccc(Oc2cnccn2)cc1. The van der Waals surface area contributed by atoms with Gasteiger partial charge in [-0.3, -0.25) is 9.78 Å². The van der Waals surface area contributed by atoms with Crippen LogP contribution in [-0.4, -0.2) is 53.2 Å². The van der Waals surface area contributed by atoms with E-state index < -0.39 is 40.5 Å². The number of carbonyl (C=O) groups excluding carboxylic acids is 1. The van der Waals surface area contributed by atoms with E-state index in [1.807, 2.05) is 30.3 Å². The van der Waals surface area contributed by atoms with Gasteiger partial charge in [-0.05, 0) is 48.6 Å². The van der Waals surface area contributed by atoms with E-state index in [2.05, 4.69) is 15.3 Å². The second kappa shape index (κ2) is 11.6. The molecule has 1 aliphatic carbocycles. The van der Waals surface area contributed by atoms with E-state index >= 15 is 0 Å². The Labute approximate surface area is 210 Å². The van der Waals surface area contributed by atoms with E-state index in [1.54, 1.807) is 0 Å². The number of nitrogens with one attached hydrogen (secondary N) is 1. The van der Waals surface area contributed by atoms with Crippen LogP contribution in [0.1, 0.15) is 24.8 Å². The molecule has 2 aromatic carbocycles. The molecule has 1 amide bonds. The number of hydrogen-bond acceptors (Lipinski definition) is 8. The minimum Gasteiger partial charge on any atom is -0.438 e. The van der Waals surface area contributed by atoms with Crippen molar-refractivity contribution in [3.63, 3.8) is 0 Å². The molecule has 1 heterocycles. The van der Waals surface area contributed by atoms with Gasteiger partial charge in [0.15, 0.2) is 9.84 Å². The maximum absolute atomic E-state index is 13.3. The van der Waals surface area contributed by atoms with Crippen LogP contribution in [0.3, 0.4) is 0 Å². The lowest BCUT2D eigenvalue weighted by molar-refractivity contribution is -0.124. The number of amides is 1. The van der Waals surface area contributed by atoms with Crippen LogP contribution in [0.25, 0.3) is 0 Å². The molecule has 3 N–H and O–H groups in total. The number of rotatable bonds is 12. The fourth-order valence-electron chi connectivity index (χ4n) is 3.93. The summed E-state index contributed by atoms with van der Waals surface area (Å²) in [4.78, 5) is 21.2. The molecule has 0 spiro atoms. The van der Waals surface area contributed by atoms with Gasteiger partial charge in [0.25, 0.3) is 0 Å². The van der Waals surface area contributed by atoms with Gasteiger partial charge in [0.2, 0.25) is 11.8 Å². The zero-order chi connectivity index (χ0) is 25.5. The Balaban J connectivity index is 1.50. The van der Waals surface area contributed by atoms with Gasteiger partial charge in [-0.15, -0.1) is 0 Å². The first-order valence-electron chi connectivity index (χ1n) is 11.8. The molecule has 0 aliphatic heterocycles. The van der Waals surface area contributed by atoms with Crippen LogP contribution in [-0.2, 0) is 21.1 Å². The fourth-order valence-corrected chi connectivity index (χ4v) is 5.47. The molecular formula is C25H28BN3O6S. The molecule has 188 valence electrons. The summed E-state index contributed by atoms with van der Waals surface area (Å²) in [5.41, 5.74) is 0.809. The summed E-state index contributed by atoms with van der Waals surface area (Å²) >= 11 is 0. The van der Waals surface area contributed by atoms with E-state index in [0.29, 0.717) is 18.1 Å². The van der Waals surface area contributed by atoms with Gasteiger partial charge in [-0.25, -0.2) is 13.4 Å². The first-order valence-corrected chi connectivity index (χ1v) is 13.4. The molecule has 4 rings (SSSR count). The van der Waals surface area contributed by atoms with E-state index in [-0.39, 0.29) is 17.2 Å². The predicted octanol–water partition coefficient (Wildman–Crippen LogP) is 2.20. The number of nitrogens with zero attached hydrogens (tertiary/aromatic N) is 2. The standard InChI is InChI=1S/C25H28BN3O6S/c30-25(29-23(26(31)32)15-19-6-7-19)20(14-18-4-2-1-3-5-18)17-36(33,34)22-10-8-21(9-11-22)35-24-16-27-12-13-28-24/h1-5,8-13,16,19-20,23,31-32H,6-7,14-15,17H2,(H,29,30)/t20-,23+/m1/s1. The second-order valence-electron chi connectivity index (χ2n) is 8.99. The number of hydrogen-bond donors (Lipinski definition) is 3. The van der Waals surface area contributed by atoms with Gasteiger partial charge in [0, 0.05) is 12.4 Å². The van der Waals surface area contributed by atoms with Crippen molar-refractivity contribution in [1.29, 1.82) is 0 Å². The van der Waals surface area contributed by atoms with Gasteiger partial charge in [0.1, 0.15) is 5.75 Å². The minimum absolute atomic E-state index is 0.0524. The Kier molecular flexibility index (Phi) is 8.34. The topological polar surface area (TPSA) is 139 Å². The number of aromatic nitrogens is 2. The second-order valence-corrected chi connectivity index (χ2v) is 11.0. The molecular weight excluding hydrogens is 481 g/mol. The van der Waals surface area contributed by atoms with Crippen LogP contribution in [0.4, 0.5) is 0 Å². The highest BCUT2D eigenvalue weighted by Gasteiger charge is 2.35. The van der Waals surface area contributed by atoms with Gasteiger partial charge >= 0.3 is 7.12 Å². The first-order chi connectivity index (χ1) is 17.3. The highest BCUT2D eigenvalue weighted by Crippen LogP contribution is 2.33. The van der Waals surface area contributed by atoms with Crippen molar-refractivity contribution in [3.05, 3.63) is 78.8 Å². The lowest BCUT2D eigenvalue weighted by Crippen LogP contribution is -2.50. The van der Waals surface area contributed by atoms with E-state index in [0.717, 1.165) is 18.4 Å². The third-order valence-electron chi connectivity index (χ3n) is 6.03. The van der Waals surface area contributed by atoms with Crippen molar-refractivity contribution in [3.8, 4) is 11.6 Å².